The summed E-state index contributed by atoms with van der Waals surface area (Å²) in [7, 11) is 0. The van der Waals surface area contributed by atoms with Gasteiger partial charge in [-0.15, -0.1) is 36.2 Å². The largest absolute Gasteiger partial charge is 0.346 e. The number of halogens is 2. The zero-order valence-electron chi connectivity index (χ0n) is 13.1. The highest BCUT2D eigenvalue weighted by Crippen LogP contribution is 2.16. The lowest BCUT2D eigenvalue weighted by atomic mass is 9.94. The molecule has 6 nitrogen and oxygen atoms in total. The van der Waals surface area contributed by atoms with E-state index in [0.29, 0.717) is 19.0 Å². The molecule has 130 valence electrons. The maximum absolute atomic E-state index is 12.4. The van der Waals surface area contributed by atoms with Gasteiger partial charge in [0.1, 0.15) is 5.82 Å². The van der Waals surface area contributed by atoms with E-state index < -0.39 is 0 Å². The molecule has 0 aliphatic carbocycles. The molecule has 0 amide bonds. The molecule has 0 saturated carbocycles. The molecule has 1 aliphatic rings. The van der Waals surface area contributed by atoms with Crippen LogP contribution in [0.25, 0.3) is 0 Å². The van der Waals surface area contributed by atoms with Gasteiger partial charge in [-0.05, 0) is 38.8 Å². The molecule has 9 heteroatoms. The number of nitrogens with zero attached hydrogens (tertiary/aromatic N) is 4. The summed E-state index contributed by atoms with van der Waals surface area (Å²) in [6.07, 6.45) is 3.22. The van der Waals surface area contributed by atoms with Crippen LogP contribution in [0.4, 0.5) is 0 Å². The van der Waals surface area contributed by atoms with Crippen LogP contribution in [-0.4, -0.2) is 32.4 Å². The average Bonchev–Trinajstić information content (AvgIpc) is 3.10. The summed E-state index contributed by atoms with van der Waals surface area (Å²) in [6, 6.07) is 0. The fourth-order valence-electron chi connectivity index (χ4n) is 2.87. The van der Waals surface area contributed by atoms with E-state index in [9.17, 15) is 4.79 Å². The van der Waals surface area contributed by atoms with E-state index in [-0.39, 0.29) is 30.5 Å². The van der Waals surface area contributed by atoms with E-state index >= 15 is 0 Å². The molecule has 2 aromatic heterocycles. The number of aromatic nitrogens is 4. The lowest BCUT2D eigenvalue weighted by Crippen LogP contribution is -2.30. The number of hydrogen-bond donors (Lipinski definition) is 1. The number of piperidine rings is 1. The van der Waals surface area contributed by atoms with Gasteiger partial charge in [-0.1, -0.05) is 0 Å². The molecular weight excluding hydrogens is 357 g/mol. The Hall–Kier alpha value is -0.890. The van der Waals surface area contributed by atoms with Crippen LogP contribution < -0.4 is 11.0 Å². The summed E-state index contributed by atoms with van der Waals surface area (Å²) in [5.74, 6) is 1.55. The van der Waals surface area contributed by atoms with E-state index in [1.807, 2.05) is 12.3 Å². The van der Waals surface area contributed by atoms with Crippen molar-refractivity contribution in [1.29, 1.82) is 0 Å². The van der Waals surface area contributed by atoms with Gasteiger partial charge in [-0.3, -0.25) is 4.57 Å². The van der Waals surface area contributed by atoms with E-state index in [1.54, 1.807) is 26.1 Å². The average molecular weight is 380 g/mol. The van der Waals surface area contributed by atoms with Gasteiger partial charge in [0.2, 0.25) is 0 Å². The van der Waals surface area contributed by atoms with Gasteiger partial charge in [-0.2, -0.15) is 5.10 Å². The van der Waals surface area contributed by atoms with Crippen molar-refractivity contribution in [3.8, 4) is 0 Å². The summed E-state index contributed by atoms with van der Waals surface area (Å²) in [5, 5.41) is 9.90. The van der Waals surface area contributed by atoms with E-state index in [2.05, 4.69) is 15.4 Å². The highest BCUT2D eigenvalue weighted by molar-refractivity contribution is 7.07. The SMILES string of the molecule is CCn1c(CC2CCNCC2)nn(Cc2cscn2)c1=O.Cl.Cl. The standard InChI is InChI=1S/C14H21N5OS.2ClH/c1-2-18-13(7-11-3-5-15-6-4-11)17-19(14(18)20)8-12-9-21-10-16-12;;/h9-11,15H,2-8H2,1H3;2*1H. The molecule has 3 rings (SSSR count). The van der Waals surface area contributed by atoms with Crippen molar-refractivity contribution in [2.45, 2.75) is 39.3 Å². The smallest absolute Gasteiger partial charge is 0.317 e. The first-order valence-electron chi connectivity index (χ1n) is 7.52. The van der Waals surface area contributed by atoms with Crippen molar-refractivity contribution in [3.05, 3.63) is 32.9 Å². The summed E-state index contributed by atoms with van der Waals surface area (Å²) in [6.45, 7) is 5.29. The lowest BCUT2D eigenvalue weighted by Gasteiger charge is -2.21. The Morgan fingerprint density at radius 1 is 1.35 bits per heavy atom. The van der Waals surface area contributed by atoms with Gasteiger partial charge >= 0.3 is 5.69 Å². The fraction of sp³-hybridized carbons (Fsp3) is 0.643. The van der Waals surface area contributed by atoms with Crippen molar-refractivity contribution in [2.75, 3.05) is 13.1 Å². The molecule has 0 aromatic carbocycles. The molecule has 0 bridgehead atoms. The third kappa shape index (κ3) is 4.79. The Labute approximate surface area is 152 Å². The maximum Gasteiger partial charge on any atom is 0.346 e. The molecule has 0 radical (unpaired) electrons. The first-order valence-corrected chi connectivity index (χ1v) is 8.46. The highest BCUT2D eigenvalue weighted by Gasteiger charge is 2.19. The highest BCUT2D eigenvalue weighted by atomic mass is 35.5. The minimum Gasteiger partial charge on any atom is -0.317 e. The predicted molar refractivity (Wildman–Crippen MR) is 97.2 cm³/mol. The zero-order chi connectivity index (χ0) is 14.7. The third-order valence-electron chi connectivity index (χ3n) is 4.04. The molecule has 1 fully saturated rings. The minimum atomic E-state index is -0.0190. The molecule has 0 spiro atoms. The Morgan fingerprint density at radius 3 is 2.70 bits per heavy atom. The summed E-state index contributed by atoms with van der Waals surface area (Å²) in [5.41, 5.74) is 2.67. The normalized spacial score (nSPS) is 15.0. The number of nitrogens with one attached hydrogen (secondary N) is 1. The lowest BCUT2D eigenvalue weighted by molar-refractivity contribution is 0.362. The van der Waals surface area contributed by atoms with Gasteiger partial charge in [0.05, 0.1) is 17.7 Å². The summed E-state index contributed by atoms with van der Waals surface area (Å²) < 4.78 is 3.35. The van der Waals surface area contributed by atoms with Crippen LogP contribution in [0.3, 0.4) is 0 Å². The molecule has 3 heterocycles. The molecular formula is C14H23Cl2N5OS. The maximum atomic E-state index is 12.4. The summed E-state index contributed by atoms with van der Waals surface area (Å²) in [4.78, 5) is 16.6. The molecule has 23 heavy (non-hydrogen) atoms. The van der Waals surface area contributed by atoms with Crippen LogP contribution in [0.15, 0.2) is 15.7 Å². The van der Waals surface area contributed by atoms with Crippen molar-refractivity contribution in [3.63, 3.8) is 0 Å². The van der Waals surface area contributed by atoms with Crippen molar-refractivity contribution in [2.24, 2.45) is 5.92 Å². The Balaban J connectivity index is 0.00000132. The number of hydrogen-bond acceptors (Lipinski definition) is 5. The second kappa shape index (κ2) is 9.42. The van der Waals surface area contributed by atoms with E-state index in [4.69, 9.17) is 0 Å². The van der Waals surface area contributed by atoms with Crippen LogP contribution in [-0.2, 0) is 19.5 Å². The number of thiazole rings is 1. The van der Waals surface area contributed by atoms with Crippen molar-refractivity contribution >= 4 is 36.2 Å². The van der Waals surface area contributed by atoms with E-state index in [1.165, 1.54) is 0 Å². The predicted octanol–water partition coefficient (Wildman–Crippen LogP) is 1.96. The Morgan fingerprint density at radius 2 is 2.09 bits per heavy atom. The zero-order valence-corrected chi connectivity index (χ0v) is 15.6. The minimum absolute atomic E-state index is 0. The van der Waals surface area contributed by atoms with Gasteiger partial charge in [-0.25, -0.2) is 14.5 Å². The van der Waals surface area contributed by atoms with Gasteiger partial charge in [0.25, 0.3) is 0 Å². The summed E-state index contributed by atoms with van der Waals surface area (Å²) >= 11 is 1.54. The van der Waals surface area contributed by atoms with Crippen LogP contribution in [0.5, 0.6) is 0 Å². The molecule has 1 aliphatic heterocycles. The first-order chi connectivity index (χ1) is 10.3. The fourth-order valence-corrected chi connectivity index (χ4v) is 3.42. The topological polar surface area (TPSA) is 64.7 Å². The quantitative estimate of drug-likeness (QED) is 0.861. The monoisotopic (exact) mass is 379 g/mol. The molecule has 2 aromatic rings. The molecule has 1 N–H and O–H groups in total. The van der Waals surface area contributed by atoms with Crippen molar-refractivity contribution in [1.82, 2.24) is 24.6 Å². The van der Waals surface area contributed by atoms with Crippen LogP contribution in [0, 0.1) is 5.92 Å². The van der Waals surface area contributed by atoms with Gasteiger partial charge in [0.15, 0.2) is 0 Å². The van der Waals surface area contributed by atoms with E-state index in [0.717, 1.165) is 43.9 Å². The van der Waals surface area contributed by atoms with Crippen LogP contribution >= 0.6 is 36.2 Å². The third-order valence-corrected chi connectivity index (χ3v) is 4.68. The first kappa shape index (κ1) is 20.2. The second-order valence-electron chi connectivity index (χ2n) is 5.48. The van der Waals surface area contributed by atoms with Gasteiger partial charge < -0.3 is 5.32 Å². The molecule has 0 unspecified atom stereocenters. The molecule has 1 saturated heterocycles. The van der Waals surface area contributed by atoms with Crippen LogP contribution in [0.1, 0.15) is 31.3 Å². The second-order valence-corrected chi connectivity index (χ2v) is 6.20. The Bertz CT molecular complexity index is 634. The molecule has 0 atom stereocenters. The Kier molecular flexibility index (Phi) is 8.25. The number of rotatable bonds is 5. The van der Waals surface area contributed by atoms with Gasteiger partial charge in [0, 0.05) is 18.3 Å². The van der Waals surface area contributed by atoms with Crippen molar-refractivity contribution < 1.29 is 0 Å². The van der Waals surface area contributed by atoms with Crippen LogP contribution in [0.2, 0.25) is 0 Å².